The second-order valence-corrected chi connectivity index (χ2v) is 6.23. The zero-order chi connectivity index (χ0) is 15.2. The van der Waals surface area contributed by atoms with Crippen LogP contribution in [0, 0.1) is 5.92 Å². The molecule has 0 saturated carbocycles. The largest absolute Gasteiger partial charge is 0.354 e. The van der Waals surface area contributed by atoms with Crippen LogP contribution in [0.2, 0.25) is 0 Å². The number of hydrogen-bond acceptors (Lipinski definition) is 3. The van der Waals surface area contributed by atoms with E-state index in [0.29, 0.717) is 37.5 Å². The monoisotopic (exact) mass is 289 g/mol. The Labute approximate surface area is 127 Å². The first kappa shape index (κ1) is 16.0. The lowest BCUT2D eigenvalue weighted by Crippen LogP contribution is -2.40. The van der Waals surface area contributed by atoms with Crippen LogP contribution >= 0.6 is 0 Å². The zero-order valence-electron chi connectivity index (χ0n) is 13.1. The van der Waals surface area contributed by atoms with Crippen molar-refractivity contribution >= 4 is 5.91 Å². The third-order valence-electron chi connectivity index (χ3n) is 4.44. The number of nitrogens with one attached hydrogen (secondary N) is 1. The molecule has 1 aliphatic heterocycles. The van der Waals surface area contributed by atoms with Crippen LogP contribution < -0.4 is 11.1 Å². The van der Waals surface area contributed by atoms with Gasteiger partial charge in [-0.3, -0.25) is 9.69 Å². The van der Waals surface area contributed by atoms with Crippen molar-refractivity contribution in [1.82, 2.24) is 10.2 Å². The van der Waals surface area contributed by atoms with E-state index in [1.807, 2.05) is 18.2 Å². The van der Waals surface area contributed by atoms with Gasteiger partial charge in [0, 0.05) is 19.1 Å². The predicted molar refractivity (Wildman–Crippen MR) is 86.1 cm³/mol. The lowest BCUT2D eigenvalue weighted by Gasteiger charge is -2.21. The van der Waals surface area contributed by atoms with Crippen LogP contribution in [0.15, 0.2) is 30.3 Å². The summed E-state index contributed by atoms with van der Waals surface area (Å²) in [5, 5.41) is 3.05. The molecule has 1 heterocycles. The van der Waals surface area contributed by atoms with Crippen LogP contribution in [0.4, 0.5) is 0 Å². The molecular formula is C17H27N3O. The Hall–Kier alpha value is -1.39. The Balaban J connectivity index is 1.75. The SMILES string of the molecule is CC(CNC(=O)CN1CC(CN)CC1C)c1ccccc1. The summed E-state index contributed by atoms with van der Waals surface area (Å²) >= 11 is 0. The van der Waals surface area contributed by atoms with E-state index in [1.54, 1.807) is 0 Å². The van der Waals surface area contributed by atoms with E-state index in [2.05, 4.69) is 36.2 Å². The molecule has 1 aliphatic rings. The summed E-state index contributed by atoms with van der Waals surface area (Å²) in [6.07, 6.45) is 1.10. The highest BCUT2D eigenvalue weighted by molar-refractivity contribution is 5.78. The first-order valence-electron chi connectivity index (χ1n) is 7.86. The van der Waals surface area contributed by atoms with Gasteiger partial charge in [-0.2, -0.15) is 0 Å². The van der Waals surface area contributed by atoms with Gasteiger partial charge in [0.25, 0.3) is 0 Å². The van der Waals surface area contributed by atoms with Gasteiger partial charge in [-0.25, -0.2) is 0 Å². The molecule has 1 amide bonds. The van der Waals surface area contributed by atoms with Crippen LogP contribution in [0.5, 0.6) is 0 Å². The Kier molecular flexibility index (Phi) is 5.76. The second kappa shape index (κ2) is 7.57. The van der Waals surface area contributed by atoms with E-state index in [-0.39, 0.29) is 5.91 Å². The minimum atomic E-state index is 0.113. The molecule has 1 fully saturated rings. The number of amides is 1. The fourth-order valence-corrected chi connectivity index (χ4v) is 3.02. The molecule has 0 aliphatic carbocycles. The summed E-state index contributed by atoms with van der Waals surface area (Å²) in [5.41, 5.74) is 6.98. The maximum absolute atomic E-state index is 12.1. The highest BCUT2D eigenvalue weighted by Crippen LogP contribution is 2.21. The van der Waals surface area contributed by atoms with Gasteiger partial charge in [0.2, 0.25) is 5.91 Å². The average molecular weight is 289 g/mol. The molecule has 1 aromatic rings. The Bertz CT molecular complexity index is 449. The van der Waals surface area contributed by atoms with Crippen LogP contribution in [0.1, 0.15) is 31.7 Å². The first-order chi connectivity index (χ1) is 10.1. The highest BCUT2D eigenvalue weighted by Gasteiger charge is 2.29. The van der Waals surface area contributed by atoms with Gasteiger partial charge in [-0.1, -0.05) is 37.3 Å². The van der Waals surface area contributed by atoms with Gasteiger partial charge in [0.1, 0.15) is 0 Å². The lowest BCUT2D eigenvalue weighted by molar-refractivity contribution is -0.122. The van der Waals surface area contributed by atoms with Gasteiger partial charge in [0.05, 0.1) is 6.54 Å². The molecule has 3 atom stereocenters. The van der Waals surface area contributed by atoms with Crippen molar-refractivity contribution in [2.45, 2.75) is 32.2 Å². The third-order valence-corrected chi connectivity index (χ3v) is 4.44. The number of carbonyl (C=O) groups excluding carboxylic acids is 1. The van der Waals surface area contributed by atoms with E-state index in [0.717, 1.165) is 13.0 Å². The molecule has 1 saturated heterocycles. The third kappa shape index (κ3) is 4.55. The fourth-order valence-electron chi connectivity index (χ4n) is 3.02. The summed E-state index contributed by atoms with van der Waals surface area (Å²) in [4.78, 5) is 14.3. The zero-order valence-corrected chi connectivity index (χ0v) is 13.1. The molecule has 3 N–H and O–H groups in total. The molecule has 0 radical (unpaired) electrons. The minimum Gasteiger partial charge on any atom is -0.354 e. The van der Waals surface area contributed by atoms with E-state index in [1.165, 1.54) is 5.56 Å². The molecule has 4 nitrogen and oxygen atoms in total. The van der Waals surface area contributed by atoms with Crippen molar-refractivity contribution in [2.75, 3.05) is 26.2 Å². The summed E-state index contributed by atoms with van der Waals surface area (Å²) in [6, 6.07) is 10.7. The van der Waals surface area contributed by atoms with Crippen molar-refractivity contribution in [2.24, 2.45) is 11.7 Å². The summed E-state index contributed by atoms with van der Waals surface area (Å²) < 4.78 is 0. The number of hydrogen-bond donors (Lipinski definition) is 2. The molecule has 2 rings (SSSR count). The average Bonchev–Trinajstić information content (AvgIpc) is 2.86. The molecule has 116 valence electrons. The van der Waals surface area contributed by atoms with Crippen molar-refractivity contribution in [3.05, 3.63) is 35.9 Å². The maximum atomic E-state index is 12.1. The minimum absolute atomic E-state index is 0.113. The fraction of sp³-hybridized carbons (Fsp3) is 0.588. The normalized spacial score (nSPS) is 24.0. The van der Waals surface area contributed by atoms with Crippen molar-refractivity contribution in [3.63, 3.8) is 0 Å². The molecule has 0 bridgehead atoms. The van der Waals surface area contributed by atoms with E-state index in [4.69, 9.17) is 5.73 Å². The molecule has 21 heavy (non-hydrogen) atoms. The van der Waals surface area contributed by atoms with Gasteiger partial charge >= 0.3 is 0 Å². The van der Waals surface area contributed by atoms with E-state index >= 15 is 0 Å². The highest BCUT2D eigenvalue weighted by atomic mass is 16.2. The smallest absolute Gasteiger partial charge is 0.234 e. The molecule has 1 aromatic carbocycles. The van der Waals surface area contributed by atoms with Gasteiger partial charge < -0.3 is 11.1 Å². The number of rotatable bonds is 6. The lowest BCUT2D eigenvalue weighted by atomic mass is 10.0. The van der Waals surface area contributed by atoms with Crippen molar-refractivity contribution in [3.8, 4) is 0 Å². The van der Waals surface area contributed by atoms with E-state index < -0.39 is 0 Å². The van der Waals surface area contributed by atoms with Gasteiger partial charge in [0.15, 0.2) is 0 Å². The van der Waals surface area contributed by atoms with Crippen LogP contribution in [0.25, 0.3) is 0 Å². The number of likely N-dealkylation sites (tertiary alicyclic amines) is 1. The van der Waals surface area contributed by atoms with E-state index in [9.17, 15) is 4.79 Å². The topological polar surface area (TPSA) is 58.4 Å². The number of nitrogens with two attached hydrogens (primary N) is 1. The first-order valence-corrected chi connectivity index (χ1v) is 7.86. The Morgan fingerprint density at radius 2 is 2.14 bits per heavy atom. The standard InChI is InChI=1S/C17H27N3O/c1-13(16-6-4-3-5-7-16)10-19-17(21)12-20-11-15(9-18)8-14(20)2/h3-7,13-15H,8-12,18H2,1-2H3,(H,19,21). The Morgan fingerprint density at radius 1 is 1.43 bits per heavy atom. The summed E-state index contributed by atoms with van der Waals surface area (Å²) in [6.45, 7) is 7.14. The Morgan fingerprint density at radius 3 is 2.76 bits per heavy atom. The van der Waals surface area contributed by atoms with Crippen LogP contribution in [-0.4, -0.2) is 43.0 Å². The molecule has 3 unspecified atom stereocenters. The summed E-state index contributed by atoms with van der Waals surface area (Å²) in [5.74, 6) is 0.987. The maximum Gasteiger partial charge on any atom is 0.234 e. The summed E-state index contributed by atoms with van der Waals surface area (Å²) in [7, 11) is 0. The molecule has 0 aromatic heterocycles. The predicted octanol–water partition coefficient (Wildman–Crippen LogP) is 1.58. The van der Waals surface area contributed by atoms with Gasteiger partial charge in [-0.15, -0.1) is 0 Å². The van der Waals surface area contributed by atoms with Crippen LogP contribution in [0.3, 0.4) is 0 Å². The second-order valence-electron chi connectivity index (χ2n) is 6.23. The quantitative estimate of drug-likeness (QED) is 0.836. The number of nitrogens with zero attached hydrogens (tertiary/aromatic N) is 1. The van der Waals surface area contributed by atoms with Crippen molar-refractivity contribution in [1.29, 1.82) is 0 Å². The van der Waals surface area contributed by atoms with Crippen LogP contribution in [-0.2, 0) is 4.79 Å². The molecule has 4 heteroatoms. The number of carbonyl (C=O) groups is 1. The molecule has 0 spiro atoms. The number of benzene rings is 1. The van der Waals surface area contributed by atoms with Crippen molar-refractivity contribution < 1.29 is 4.79 Å². The van der Waals surface area contributed by atoms with Gasteiger partial charge in [-0.05, 0) is 37.3 Å². The molecular weight excluding hydrogens is 262 g/mol.